The van der Waals surface area contributed by atoms with Crippen LogP contribution < -0.4 is 5.32 Å². The number of likely N-dealkylation sites (N-methyl/N-ethyl adjacent to an activating group) is 1. The van der Waals surface area contributed by atoms with Gasteiger partial charge in [0.2, 0.25) is 0 Å². The number of ether oxygens (including phenoxy) is 1. The lowest BCUT2D eigenvalue weighted by molar-refractivity contribution is -0.152. The fourth-order valence-corrected chi connectivity index (χ4v) is 2.78. The summed E-state index contributed by atoms with van der Waals surface area (Å²) in [7, 11) is 1.90. The minimum absolute atomic E-state index is 0.207. The van der Waals surface area contributed by atoms with Crippen molar-refractivity contribution in [2.45, 2.75) is 25.0 Å². The van der Waals surface area contributed by atoms with Gasteiger partial charge in [0, 0.05) is 18.1 Å². The Kier molecular flexibility index (Phi) is 5.62. The number of carbonyl (C=O) groups excluding carboxylic acids is 1. The molecule has 0 aliphatic carbocycles. The second-order valence-corrected chi connectivity index (χ2v) is 6.12. The van der Waals surface area contributed by atoms with E-state index < -0.39 is 23.5 Å². The average molecular weight is 341 g/mol. The summed E-state index contributed by atoms with van der Waals surface area (Å²) in [4.78, 5) is 26.4. The van der Waals surface area contributed by atoms with Crippen LogP contribution in [0.3, 0.4) is 0 Å². The van der Waals surface area contributed by atoms with Gasteiger partial charge in [-0.3, -0.25) is 4.79 Å². The number of halogens is 1. The van der Waals surface area contributed by atoms with Crippen molar-refractivity contribution in [1.82, 2.24) is 10.2 Å². The average Bonchev–Trinajstić information content (AvgIpc) is 2.53. The maximum absolute atomic E-state index is 12.5. The normalized spacial score (nSPS) is 21.4. The summed E-state index contributed by atoms with van der Waals surface area (Å²) < 4.78 is 5.47. The number of aliphatic carboxylic acids is 1. The van der Waals surface area contributed by atoms with Crippen LogP contribution in [-0.4, -0.2) is 54.7 Å². The molecule has 2 rings (SSSR count). The highest BCUT2D eigenvalue weighted by Gasteiger charge is 2.42. The number of amides is 1. The monoisotopic (exact) mass is 340 g/mol. The molecule has 6 nitrogen and oxygen atoms in total. The van der Waals surface area contributed by atoms with Gasteiger partial charge in [-0.2, -0.15) is 0 Å². The van der Waals surface area contributed by atoms with Gasteiger partial charge in [-0.25, -0.2) is 4.79 Å². The summed E-state index contributed by atoms with van der Waals surface area (Å²) in [5, 5.41) is 12.9. The standard InChI is InChI=1S/C16H21ClN2O4/c1-3-16(15(21)22,11-4-6-12(17)7-5-11)18-14(20)13-10-19(2)8-9-23-13/h4-7,13H,3,8-10H2,1-2H3,(H,18,20)(H,21,22). The smallest absolute Gasteiger partial charge is 0.334 e. The highest BCUT2D eigenvalue weighted by Crippen LogP contribution is 2.27. The zero-order valence-corrected chi connectivity index (χ0v) is 14.0. The Morgan fingerprint density at radius 3 is 2.61 bits per heavy atom. The van der Waals surface area contributed by atoms with Crippen LogP contribution in [0.15, 0.2) is 24.3 Å². The van der Waals surface area contributed by atoms with Gasteiger partial charge in [-0.1, -0.05) is 30.7 Å². The summed E-state index contributed by atoms with van der Waals surface area (Å²) in [5.41, 5.74) is -1.02. The van der Waals surface area contributed by atoms with Crippen LogP contribution >= 0.6 is 11.6 Å². The quantitative estimate of drug-likeness (QED) is 0.848. The first-order valence-electron chi connectivity index (χ1n) is 7.50. The third-order valence-electron chi connectivity index (χ3n) is 4.13. The number of carbonyl (C=O) groups is 2. The first-order chi connectivity index (χ1) is 10.9. The molecule has 1 heterocycles. The van der Waals surface area contributed by atoms with E-state index >= 15 is 0 Å². The van der Waals surface area contributed by atoms with Crippen LogP contribution in [0, 0.1) is 0 Å². The molecule has 1 aromatic carbocycles. The van der Waals surface area contributed by atoms with Crippen molar-refractivity contribution in [2.75, 3.05) is 26.7 Å². The molecule has 2 unspecified atom stereocenters. The molecule has 0 aromatic heterocycles. The number of morpholine rings is 1. The molecule has 23 heavy (non-hydrogen) atoms. The van der Waals surface area contributed by atoms with Crippen LogP contribution in [0.25, 0.3) is 0 Å². The fraction of sp³-hybridized carbons (Fsp3) is 0.500. The molecule has 1 aliphatic heterocycles. The predicted octanol–water partition coefficient (Wildman–Crippen LogP) is 1.48. The zero-order chi connectivity index (χ0) is 17.0. The summed E-state index contributed by atoms with van der Waals surface area (Å²) in [6.45, 7) is 3.35. The molecule has 7 heteroatoms. The highest BCUT2D eigenvalue weighted by atomic mass is 35.5. The maximum atomic E-state index is 12.5. The Hall–Kier alpha value is -1.63. The Morgan fingerprint density at radius 2 is 2.09 bits per heavy atom. The van der Waals surface area contributed by atoms with Crippen LogP contribution in [0.2, 0.25) is 5.02 Å². The van der Waals surface area contributed by atoms with E-state index in [1.807, 2.05) is 11.9 Å². The predicted molar refractivity (Wildman–Crippen MR) is 86.4 cm³/mol. The minimum Gasteiger partial charge on any atom is -0.479 e. The molecule has 1 aliphatic rings. The topological polar surface area (TPSA) is 78.9 Å². The summed E-state index contributed by atoms with van der Waals surface area (Å²) in [6, 6.07) is 6.46. The molecule has 0 bridgehead atoms. The molecule has 1 fully saturated rings. The van der Waals surface area contributed by atoms with Crippen molar-refractivity contribution < 1.29 is 19.4 Å². The second-order valence-electron chi connectivity index (χ2n) is 5.68. The lowest BCUT2D eigenvalue weighted by Gasteiger charge is -2.34. The Balaban J connectivity index is 2.26. The molecular weight excluding hydrogens is 320 g/mol. The number of nitrogens with one attached hydrogen (secondary N) is 1. The fourth-order valence-electron chi connectivity index (χ4n) is 2.65. The maximum Gasteiger partial charge on any atom is 0.334 e. The molecule has 2 atom stereocenters. The summed E-state index contributed by atoms with van der Waals surface area (Å²) in [6.07, 6.45) is -0.468. The van der Waals surface area contributed by atoms with E-state index in [0.717, 1.165) is 6.54 Å². The number of rotatable bonds is 5. The van der Waals surface area contributed by atoms with Gasteiger partial charge in [0.1, 0.15) is 6.10 Å². The zero-order valence-electron chi connectivity index (χ0n) is 13.2. The van der Waals surface area contributed by atoms with Crippen LogP contribution in [0.1, 0.15) is 18.9 Å². The molecule has 1 amide bonds. The summed E-state index contributed by atoms with van der Waals surface area (Å²) >= 11 is 5.87. The van der Waals surface area contributed by atoms with Crippen molar-refractivity contribution in [1.29, 1.82) is 0 Å². The third-order valence-corrected chi connectivity index (χ3v) is 4.38. The van der Waals surface area contributed by atoms with E-state index in [1.165, 1.54) is 0 Å². The number of carboxylic acids is 1. The van der Waals surface area contributed by atoms with Gasteiger partial charge in [-0.15, -0.1) is 0 Å². The summed E-state index contributed by atoms with van der Waals surface area (Å²) in [5.74, 6) is -1.53. The number of nitrogens with zero attached hydrogens (tertiary/aromatic N) is 1. The first kappa shape index (κ1) is 17.7. The van der Waals surface area contributed by atoms with Crippen molar-refractivity contribution in [3.05, 3.63) is 34.9 Å². The van der Waals surface area contributed by atoms with Crippen LogP contribution in [0.4, 0.5) is 0 Å². The third kappa shape index (κ3) is 3.83. The van der Waals surface area contributed by atoms with E-state index in [0.29, 0.717) is 23.7 Å². The molecule has 2 N–H and O–H groups in total. The number of hydrogen-bond donors (Lipinski definition) is 2. The molecule has 1 saturated heterocycles. The van der Waals surface area contributed by atoms with Gasteiger partial charge in [0.25, 0.3) is 5.91 Å². The molecule has 0 radical (unpaired) electrons. The van der Waals surface area contributed by atoms with Gasteiger partial charge in [0.05, 0.1) is 6.61 Å². The van der Waals surface area contributed by atoms with Gasteiger partial charge >= 0.3 is 5.97 Å². The van der Waals surface area contributed by atoms with Gasteiger partial charge in [0.15, 0.2) is 5.54 Å². The Labute approximate surface area is 140 Å². The number of carboxylic acid groups (broad SMARTS) is 1. The highest BCUT2D eigenvalue weighted by molar-refractivity contribution is 6.30. The van der Waals surface area contributed by atoms with Crippen molar-refractivity contribution in [2.24, 2.45) is 0 Å². The Morgan fingerprint density at radius 1 is 1.43 bits per heavy atom. The Bertz CT molecular complexity index is 578. The van der Waals surface area contributed by atoms with Crippen LogP contribution in [-0.2, 0) is 19.9 Å². The molecule has 0 spiro atoms. The van der Waals surface area contributed by atoms with E-state index in [1.54, 1.807) is 31.2 Å². The van der Waals surface area contributed by atoms with Crippen molar-refractivity contribution in [3.63, 3.8) is 0 Å². The largest absolute Gasteiger partial charge is 0.479 e. The SMILES string of the molecule is CCC(NC(=O)C1CN(C)CCO1)(C(=O)O)c1ccc(Cl)cc1. The number of benzene rings is 1. The number of hydrogen-bond acceptors (Lipinski definition) is 4. The van der Waals surface area contributed by atoms with E-state index in [4.69, 9.17) is 16.3 Å². The van der Waals surface area contributed by atoms with Gasteiger partial charge < -0.3 is 20.1 Å². The van der Waals surface area contributed by atoms with E-state index in [9.17, 15) is 14.7 Å². The first-order valence-corrected chi connectivity index (χ1v) is 7.88. The van der Waals surface area contributed by atoms with E-state index in [-0.39, 0.29) is 6.42 Å². The molecule has 0 saturated carbocycles. The van der Waals surface area contributed by atoms with Crippen molar-refractivity contribution in [3.8, 4) is 0 Å². The molecule has 126 valence electrons. The van der Waals surface area contributed by atoms with Crippen LogP contribution in [0.5, 0.6) is 0 Å². The van der Waals surface area contributed by atoms with Gasteiger partial charge in [-0.05, 0) is 31.2 Å². The minimum atomic E-state index is -1.50. The molecular formula is C16H21ClN2O4. The lowest BCUT2D eigenvalue weighted by atomic mass is 9.87. The second kappa shape index (κ2) is 7.29. The van der Waals surface area contributed by atoms with E-state index in [2.05, 4.69) is 5.32 Å². The molecule has 1 aromatic rings. The van der Waals surface area contributed by atoms with Crippen molar-refractivity contribution >= 4 is 23.5 Å². The lowest BCUT2D eigenvalue weighted by Crippen LogP contribution is -2.57.